The van der Waals surface area contributed by atoms with Crippen LogP contribution in [-0.4, -0.2) is 12.6 Å². The third-order valence-corrected chi connectivity index (χ3v) is 2.84. The first kappa shape index (κ1) is 20.8. The normalized spacial score (nSPS) is 8.83. The molecule has 2 aromatic carbocycles. The molecule has 0 aliphatic heterocycles. The van der Waals surface area contributed by atoms with Crippen LogP contribution in [0.4, 0.5) is 0 Å². The minimum Gasteiger partial charge on any atom is -0.482 e. The van der Waals surface area contributed by atoms with Gasteiger partial charge in [-0.1, -0.05) is 46.1 Å². The van der Waals surface area contributed by atoms with Crippen molar-refractivity contribution in [1.29, 1.82) is 0 Å². The Morgan fingerprint density at radius 1 is 1.04 bits per heavy atom. The van der Waals surface area contributed by atoms with E-state index in [2.05, 4.69) is 19.2 Å². The van der Waals surface area contributed by atoms with Gasteiger partial charge in [-0.3, -0.25) is 0 Å². The Labute approximate surface area is 144 Å². The molecule has 4 heteroatoms. The van der Waals surface area contributed by atoms with Crippen molar-refractivity contribution in [2.24, 2.45) is 0 Å². The van der Waals surface area contributed by atoms with E-state index in [1.54, 1.807) is 42.5 Å². The average molecular weight is 332 g/mol. The summed E-state index contributed by atoms with van der Waals surface area (Å²) in [6.07, 6.45) is 1.74. The number of hydrogen-bond donors (Lipinski definition) is 1. The lowest BCUT2D eigenvalue weighted by Crippen LogP contribution is -2.17. The number of carbonyl (C=O) groups excluding carboxylic acids is 1. The first-order valence-electron chi connectivity index (χ1n) is 7.02. The van der Waals surface area contributed by atoms with Crippen LogP contribution in [0.15, 0.2) is 60.0 Å². The number of thiol groups is 1. The second-order valence-corrected chi connectivity index (χ2v) is 4.55. The van der Waals surface area contributed by atoms with Crippen molar-refractivity contribution in [2.45, 2.75) is 26.2 Å². The fourth-order valence-corrected chi connectivity index (χ4v) is 1.67. The van der Waals surface area contributed by atoms with Gasteiger partial charge in [-0.2, -0.15) is 0 Å². The molecule has 0 saturated heterocycles. The third-order valence-electron chi connectivity index (χ3n) is 2.54. The van der Waals surface area contributed by atoms with Crippen molar-refractivity contribution >= 4 is 24.7 Å². The van der Waals surface area contributed by atoms with Gasteiger partial charge < -0.3 is 9.47 Å². The zero-order valence-electron chi connectivity index (χ0n) is 12.8. The summed E-state index contributed by atoms with van der Waals surface area (Å²) in [6.45, 7) is 7.52. The summed E-state index contributed by atoms with van der Waals surface area (Å²) < 4.78 is 10.5. The number of esters is 1. The Bertz CT molecular complexity index is 589. The van der Waals surface area contributed by atoms with Crippen molar-refractivity contribution < 1.29 is 14.3 Å². The SMILES string of the molecule is C.C=Cc1ccc(OCC(=O)Oc2ccc(S)cc2)cc1.CC. The zero-order chi connectivity index (χ0) is 16.4. The molecule has 0 heterocycles. The fraction of sp³-hybridized carbons (Fsp3) is 0.211. The summed E-state index contributed by atoms with van der Waals surface area (Å²) in [5, 5.41) is 0. The van der Waals surface area contributed by atoms with E-state index in [9.17, 15) is 4.79 Å². The smallest absolute Gasteiger partial charge is 0.349 e. The summed E-state index contributed by atoms with van der Waals surface area (Å²) in [5.41, 5.74) is 0.992. The topological polar surface area (TPSA) is 35.5 Å². The predicted molar refractivity (Wildman–Crippen MR) is 99.4 cm³/mol. The predicted octanol–water partition coefficient (Wildman–Crippen LogP) is 5.27. The van der Waals surface area contributed by atoms with E-state index >= 15 is 0 Å². The van der Waals surface area contributed by atoms with Crippen LogP contribution in [0.2, 0.25) is 0 Å². The highest BCUT2D eigenvalue weighted by atomic mass is 32.1. The van der Waals surface area contributed by atoms with Gasteiger partial charge >= 0.3 is 5.97 Å². The van der Waals surface area contributed by atoms with Crippen LogP contribution in [0.3, 0.4) is 0 Å². The van der Waals surface area contributed by atoms with E-state index in [0.29, 0.717) is 11.5 Å². The summed E-state index contributed by atoms with van der Waals surface area (Å²) in [6, 6.07) is 14.1. The highest BCUT2D eigenvalue weighted by Gasteiger charge is 2.06. The Morgan fingerprint density at radius 3 is 2.09 bits per heavy atom. The van der Waals surface area contributed by atoms with Gasteiger partial charge in [-0.05, 0) is 42.0 Å². The van der Waals surface area contributed by atoms with Crippen LogP contribution in [0.1, 0.15) is 26.8 Å². The van der Waals surface area contributed by atoms with Crippen LogP contribution in [0.5, 0.6) is 11.5 Å². The maximum absolute atomic E-state index is 11.6. The Kier molecular flexibility index (Phi) is 10.3. The maximum Gasteiger partial charge on any atom is 0.349 e. The van der Waals surface area contributed by atoms with Gasteiger partial charge in [0.1, 0.15) is 11.5 Å². The minimum atomic E-state index is -0.454. The van der Waals surface area contributed by atoms with E-state index in [-0.39, 0.29) is 14.0 Å². The molecule has 3 nitrogen and oxygen atoms in total. The highest BCUT2D eigenvalue weighted by Crippen LogP contribution is 2.15. The van der Waals surface area contributed by atoms with Crippen LogP contribution in [0.25, 0.3) is 6.08 Å². The Morgan fingerprint density at radius 2 is 1.57 bits per heavy atom. The molecule has 0 atom stereocenters. The molecule has 0 fully saturated rings. The average Bonchev–Trinajstić information content (AvgIpc) is 2.57. The standard InChI is InChI=1S/C16H14O3S.C2H6.CH4/c1-2-12-3-5-13(6-4-12)18-11-16(17)19-14-7-9-15(20)10-8-14;1-2;/h2-10,20H,1,11H2;1-2H3;1H4. The molecule has 0 amide bonds. The summed E-state index contributed by atoms with van der Waals surface area (Å²) in [5.74, 6) is 0.626. The van der Waals surface area contributed by atoms with Crippen molar-refractivity contribution in [3.8, 4) is 11.5 Å². The molecule has 0 bridgehead atoms. The molecule has 0 aliphatic rings. The van der Waals surface area contributed by atoms with Crippen molar-refractivity contribution in [1.82, 2.24) is 0 Å². The number of hydrogen-bond acceptors (Lipinski definition) is 4. The van der Waals surface area contributed by atoms with Crippen LogP contribution < -0.4 is 9.47 Å². The van der Waals surface area contributed by atoms with Crippen molar-refractivity contribution in [3.05, 3.63) is 60.7 Å². The van der Waals surface area contributed by atoms with Gasteiger partial charge in [0.25, 0.3) is 0 Å². The quantitative estimate of drug-likeness (QED) is 0.460. The molecule has 2 rings (SSSR count). The monoisotopic (exact) mass is 332 g/mol. The summed E-state index contributed by atoms with van der Waals surface area (Å²) >= 11 is 4.16. The fourth-order valence-electron chi connectivity index (χ4n) is 1.52. The number of benzene rings is 2. The Hall–Kier alpha value is -2.20. The molecule has 2 aromatic rings. The van der Waals surface area contributed by atoms with E-state index in [1.807, 2.05) is 26.0 Å². The molecule has 0 aromatic heterocycles. The Balaban J connectivity index is 0.00000155. The van der Waals surface area contributed by atoms with Crippen LogP contribution >= 0.6 is 12.6 Å². The molecule has 0 aliphatic carbocycles. The largest absolute Gasteiger partial charge is 0.482 e. The van der Waals surface area contributed by atoms with E-state index in [1.165, 1.54) is 0 Å². The van der Waals surface area contributed by atoms with E-state index < -0.39 is 5.97 Å². The third kappa shape index (κ3) is 7.56. The summed E-state index contributed by atoms with van der Waals surface area (Å²) in [7, 11) is 0. The first-order valence-corrected chi connectivity index (χ1v) is 7.47. The molecular weight excluding hydrogens is 308 g/mol. The molecular formula is C19H24O3S. The molecule has 0 N–H and O–H groups in total. The van der Waals surface area contributed by atoms with Crippen LogP contribution in [0, 0.1) is 0 Å². The lowest BCUT2D eigenvalue weighted by atomic mass is 10.2. The molecule has 0 radical (unpaired) electrons. The lowest BCUT2D eigenvalue weighted by Gasteiger charge is -2.07. The number of ether oxygens (including phenoxy) is 2. The van der Waals surface area contributed by atoms with Gasteiger partial charge in [0.05, 0.1) is 0 Å². The lowest BCUT2D eigenvalue weighted by molar-refractivity contribution is -0.136. The number of rotatable bonds is 5. The molecule has 0 unspecified atom stereocenters. The second-order valence-electron chi connectivity index (χ2n) is 4.03. The number of carbonyl (C=O) groups is 1. The molecule has 0 saturated carbocycles. The summed E-state index contributed by atoms with van der Waals surface area (Å²) in [4.78, 5) is 12.4. The minimum absolute atomic E-state index is 0. The van der Waals surface area contributed by atoms with Gasteiger partial charge in [0, 0.05) is 4.90 Å². The molecule has 0 spiro atoms. The second kappa shape index (κ2) is 11.4. The molecule has 124 valence electrons. The van der Waals surface area contributed by atoms with E-state index in [4.69, 9.17) is 9.47 Å². The van der Waals surface area contributed by atoms with Gasteiger partial charge in [0.15, 0.2) is 6.61 Å². The highest BCUT2D eigenvalue weighted by molar-refractivity contribution is 7.80. The first-order chi connectivity index (χ1) is 10.7. The maximum atomic E-state index is 11.6. The van der Waals surface area contributed by atoms with E-state index in [0.717, 1.165) is 10.5 Å². The van der Waals surface area contributed by atoms with Crippen molar-refractivity contribution in [2.75, 3.05) is 6.61 Å². The zero-order valence-corrected chi connectivity index (χ0v) is 13.7. The van der Waals surface area contributed by atoms with Gasteiger partial charge in [-0.15, -0.1) is 12.6 Å². The molecule has 23 heavy (non-hydrogen) atoms. The van der Waals surface area contributed by atoms with Gasteiger partial charge in [0.2, 0.25) is 0 Å². The van der Waals surface area contributed by atoms with Gasteiger partial charge in [-0.25, -0.2) is 4.79 Å². The van der Waals surface area contributed by atoms with Crippen LogP contribution in [-0.2, 0) is 4.79 Å². The van der Waals surface area contributed by atoms with Crippen molar-refractivity contribution in [3.63, 3.8) is 0 Å².